The maximum atomic E-state index is 12.3. The maximum absolute atomic E-state index is 12.3. The summed E-state index contributed by atoms with van der Waals surface area (Å²) in [4.78, 5) is 30.4. The van der Waals surface area contributed by atoms with Gasteiger partial charge in [-0.1, -0.05) is 13.0 Å². The highest BCUT2D eigenvalue weighted by molar-refractivity contribution is 5.75. The molecule has 0 spiro atoms. The van der Waals surface area contributed by atoms with Gasteiger partial charge < -0.3 is 14.9 Å². The molecule has 1 unspecified atom stereocenters. The number of rotatable bonds is 6. The molecule has 1 aromatic heterocycles. The molecule has 20 heavy (non-hydrogen) atoms. The van der Waals surface area contributed by atoms with E-state index >= 15 is 0 Å². The average molecular weight is 279 g/mol. The molecule has 6 heteroatoms. The summed E-state index contributed by atoms with van der Waals surface area (Å²) in [5, 5.41) is 8.88. The van der Waals surface area contributed by atoms with Gasteiger partial charge in [-0.2, -0.15) is 0 Å². The standard InChI is InChI=1S/C14H21N3O3/c1-4-17(10-12-7-5-6-8-15-12)14(20)16(3)9-11(2)13(18)19/h5-8,11H,4,9-10H2,1-3H3,(H,18,19). The van der Waals surface area contributed by atoms with Gasteiger partial charge in [0.1, 0.15) is 0 Å². The second-order valence-corrected chi connectivity index (χ2v) is 4.74. The van der Waals surface area contributed by atoms with Crippen LogP contribution in [-0.2, 0) is 11.3 Å². The van der Waals surface area contributed by atoms with Gasteiger partial charge in [0.05, 0.1) is 18.2 Å². The number of carbonyl (C=O) groups excluding carboxylic acids is 1. The topological polar surface area (TPSA) is 73.7 Å². The van der Waals surface area contributed by atoms with E-state index in [0.717, 1.165) is 5.69 Å². The van der Waals surface area contributed by atoms with E-state index in [1.54, 1.807) is 25.1 Å². The zero-order valence-corrected chi connectivity index (χ0v) is 12.1. The molecule has 2 amide bonds. The molecule has 0 radical (unpaired) electrons. The highest BCUT2D eigenvalue weighted by atomic mass is 16.4. The maximum Gasteiger partial charge on any atom is 0.320 e. The molecule has 1 aromatic rings. The van der Waals surface area contributed by atoms with E-state index in [-0.39, 0.29) is 12.6 Å². The first-order valence-corrected chi connectivity index (χ1v) is 6.58. The van der Waals surface area contributed by atoms with Crippen molar-refractivity contribution < 1.29 is 14.7 Å². The molecule has 1 rings (SSSR count). The van der Waals surface area contributed by atoms with Crippen molar-refractivity contribution in [2.24, 2.45) is 5.92 Å². The van der Waals surface area contributed by atoms with Crippen molar-refractivity contribution in [2.75, 3.05) is 20.1 Å². The zero-order chi connectivity index (χ0) is 15.1. The van der Waals surface area contributed by atoms with Gasteiger partial charge in [-0.3, -0.25) is 9.78 Å². The number of hydrogen-bond donors (Lipinski definition) is 1. The number of hydrogen-bond acceptors (Lipinski definition) is 3. The van der Waals surface area contributed by atoms with Crippen molar-refractivity contribution in [1.29, 1.82) is 0 Å². The van der Waals surface area contributed by atoms with Gasteiger partial charge in [0, 0.05) is 26.3 Å². The molecule has 0 aliphatic rings. The number of aliphatic carboxylic acids is 1. The molecule has 0 fully saturated rings. The fraction of sp³-hybridized carbons (Fsp3) is 0.500. The smallest absolute Gasteiger partial charge is 0.320 e. The average Bonchev–Trinajstić information content (AvgIpc) is 2.44. The highest BCUT2D eigenvalue weighted by Crippen LogP contribution is 2.06. The predicted molar refractivity (Wildman–Crippen MR) is 75.1 cm³/mol. The largest absolute Gasteiger partial charge is 0.481 e. The zero-order valence-electron chi connectivity index (χ0n) is 12.1. The Labute approximate surface area is 119 Å². The minimum atomic E-state index is -0.905. The molecule has 0 bridgehead atoms. The van der Waals surface area contributed by atoms with Crippen LogP contribution in [0.5, 0.6) is 0 Å². The van der Waals surface area contributed by atoms with Crippen LogP contribution >= 0.6 is 0 Å². The Morgan fingerprint density at radius 3 is 2.60 bits per heavy atom. The lowest BCUT2D eigenvalue weighted by molar-refractivity contribution is -0.141. The Morgan fingerprint density at radius 2 is 2.10 bits per heavy atom. The van der Waals surface area contributed by atoms with Gasteiger partial charge in [0.2, 0.25) is 0 Å². The fourth-order valence-electron chi connectivity index (χ4n) is 1.81. The third-order valence-electron chi connectivity index (χ3n) is 3.03. The highest BCUT2D eigenvalue weighted by Gasteiger charge is 2.21. The molecule has 1 N–H and O–H groups in total. The summed E-state index contributed by atoms with van der Waals surface area (Å²) in [7, 11) is 1.61. The number of amides is 2. The quantitative estimate of drug-likeness (QED) is 0.859. The van der Waals surface area contributed by atoms with Crippen LogP contribution in [0.4, 0.5) is 4.79 Å². The predicted octanol–water partition coefficient (Wildman–Crippen LogP) is 1.68. The SMILES string of the molecule is CCN(Cc1ccccn1)C(=O)N(C)CC(C)C(=O)O. The van der Waals surface area contributed by atoms with Crippen molar-refractivity contribution in [3.8, 4) is 0 Å². The Balaban J connectivity index is 2.64. The van der Waals surface area contributed by atoms with Crippen LogP contribution in [0.1, 0.15) is 19.5 Å². The van der Waals surface area contributed by atoms with Crippen molar-refractivity contribution >= 4 is 12.0 Å². The van der Waals surface area contributed by atoms with Crippen molar-refractivity contribution in [3.63, 3.8) is 0 Å². The van der Waals surface area contributed by atoms with Crippen LogP contribution in [0, 0.1) is 5.92 Å². The number of urea groups is 1. The molecule has 0 aliphatic carbocycles. The second kappa shape index (κ2) is 7.47. The first-order chi connectivity index (χ1) is 9.45. The summed E-state index contributed by atoms with van der Waals surface area (Å²) in [6.07, 6.45) is 1.68. The minimum Gasteiger partial charge on any atom is -0.481 e. The fourth-order valence-corrected chi connectivity index (χ4v) is 1.81. The molecular formula is C14H21N3O3. The summed E-state index contributed by atoms with van der Waals surface area (Å²) < 4.78 is 0. The lowest BCUT2D eigenvalue weighted by atomic mass is 10.2. The van der Waals surface area contributed by atoms with Crippen LogP contribution in [0.3, 0.4) is 0 Å². The normalized spacial score (nSPS) is 11.8. The van der Waals surface area contributed by atoms with E-state index in [9.17, 15) is 9.59 Å². The van der Waals surface area contributed by atoms with E-state index in [4.69, 9.17) is 5.11 Å². The lowest BCUT2D eigenvalue weighted by Crippen LogP contribution is -2.43. The van der Waals surface area contributed by atoms with E-state index in [0.29, 0.717) is 13.1 Å². The molecule has 1 atom stereocenters. The van der Waals surface area contributed by atoms with Crippen LogP contribution < -0.4 is 0 Å². The first-order valence-electron chi connectivity index (χ1n) is 6.58. The molecule has 110 valence electrons. The summed E-state index contributed by atoms with van der Waals surface area (Å²) in [5.41, 5.74) is 0.808. The Kier molecular flexibility index (Phi) is 5.96. The van der Waals surface area contributed by atoms with Gasteiger partial charge in [-0.05, 0) is 19.1 Å². The van der Waals surface area contributed by atoms with Crippen molar-refractivity contribution in [3.05, 3.63) is 30.1 Å². The Morgan fingerprint density at radius 1 is 1.40 bits per heavy atom. The Bertz CT molecular complexity index is 450. The molecule has 0 saturated carbocycles. The van der Waals surface area contributed by atoms with E-state index in [1.807, 2.05) is 25.1 Å². The molecule has 0 aliphatic heterocycles. The van der Waals surface area contributed by atoms with Crippen LogP contribution in [-0.4, -0.2) is 52.0 Å². The second-order valence-electron chi connectivity index (χ2n) is 4.74. The lowest BCUT2D eigenvalue weighted by Gasteiger charge is -2.28. The van der Waals surface area contributed by atoms with Gasteiger partial charge in [-0.15, -0.1) is 0 Å². The summed E-state index contributed by atoms with van der Waals surface area (Å²) >= 11 is 0. The van der Waals surface area contributed by atoms with Crippen molar-refractivity contribution in [1.82, 2.24) is 14.8 Å². The minimum absolute atomic E-state index is 0.187. The number of aromatic nitrogens is 1. The summed E-state index contributed by atoms with van der Waals surface area (Å²) in [6.45, 7) is 4.62. The van der Waals surface area contributed by atoms with Gasteiger partial charge in [0.15, 0.2) is 0 Å². The third-order valence-corrected chi connectivity index (χ3v) is 3.03. The van der Waals surface area contributed by atoms with Gasteiger partial charge >= 0.3 is 12.0 Å². The molecule has 0 aromatic carbocycles. The van der Waals surface area contributed by atoms with E-state index in [1.165, 1.54) is 4.90 Å². The number of carboxylic acid groups (broad SMARTS) is 1. The van der Waals surface area contributed by atoms with E-state index in [2.05, 4.69) is 4.98 Å². The third kappa shape index (κ3) is 4.53. The molecule has 1 heterocycles. The van der Waals surface area contributed by atoms with Crippen LogP contribution in [0.25, 0.3) is 0 Å². The van der Waals surface area contributed by atoms with E-state index < -0.39 is 11.9 Å². The summed E-state index contributed by atoms with van der Waals surface area (Å²) in [6, 6.07) is 5.36. The van der Waals surface area contributed by atoms with Gasteiger partial charge in [0.25, 0.3) is 0 Å². The number of carbonyl (C=O) groups is 2. The van der Waals surface area contributed by atoms with Crippen LogP contribution in [0.15, 0.2) is 24.4 Å². The number of carboxylic acids is 1. The number of nitrogens with zero attached hydrogens (tertiary/aromatic N) is 3. The molecular weight excluding hydrogens is 258 g/mol. The molecule has 0 saturated heterocycles. The summed E-state index contributed by atoms with van der Waals surface area (Å²) in [5.74, 6) is -1.49. The van der Waals surface area contributed by atoms with Crippen LogP contribution in [0.2, 0.25) is 0 Å². The first kappa shape index (κ1) is 15.9. The van der Waals surface area contributed by atoms with Crippen molar-refractivity contribution in [2.45, 2.75) is 20.4 Å². The monoisotopic (exact) mass is 279 g/mol. The number of pyridine rings is 1. The Hall–Kier alpha value is -2.11. The van der Waals surface area contributed by atoms with Gasteiger partial charge in [-0.25, -0.2) is 4.79 Å². The molecule has 6 nitrogen and oxygen atoms in total.